The molecule has 0 radical (unpaired) electrons. The minimum absolute atomic E-state index is 0.0957. The molecular formula is C15H10N2O2. The number of para-hydroxylation sites is 1. The SMILES string of the molecule is O=[N+]([O-])c1cccc(-c2ccnc3ccccc23)c1. The molecule has 4 nitrogen and oxygen atoms in total. The second-order valence-electron chi connectivity index (χ2n) is 4.18. The number of hydrogen-bond acceptors (Lipinski definition) is 3. The van der Waals surface area contributed by atoms with Crippen LogP contribution in [0.3, 0.4) is 0 Å². The van der Waals surface area contributed by atoms with Crippen LogP contribution in [0.5, 0.6) is 0 Å². The molecule has 1 heterocycles. The molecule has 0 amide bonds. The average molecular weight is 250 g/mol. The van der Waals surface area contributed by atoms with Gasteiger partial charge in [0.2, 0.25) is 0 Å². The number of rotatable bonds is 2. The third-order valence-electron chi connectivity index (χ3n) is 3.02. The van der Waals surface area contributed by atoms with Crippen molar-refractivity contribution in [2.45, 2.75) is 0 Å². The van der Waals surface area contributed by atoms with Crippen LogP contribution in [0.25, 0.3) is 22.0 Å². The molecule has 3 rings (SSSR count). The van der Waals surface area contributed by atoms with E-state index in [1.165, 1.54) is 6.07 Å². The van der Waals surface area contributed by atoms with Crippen molar-refractivity contribution in [2.24, 2.45) is 0 Å². The van der Waals surface area contributed by atoms with Crippen LogP contribution in [0.1, 0.15) is 0 Å². The first-order valence-electron chi connectivity index (χ1n) is 5.84. The first kappa shape index (κ1) is 11.3. The maximum atomic E-state index is 10.8. The molecule has 4 heteroatoms. The van der Waals surface area contributed by atoms with Crippen molar-refractivity contribution in [3.63, 3.8) is 0 Å². The number of nitro benzene ring substituents is 1. The summed E-state index contributed by atoms with van der Waals surface area (Å²) < 4.78 is 0. The van der Waals surface area contributed by atoms with Gasteiger partial charge in [-0.15, -0.1) is 0 Å². The van der Waals surface area contributed by atoms with E-state index in [1.807, 2.05) is 36.4 Å². The largest absolute Gasteiger partial charge is 0.270 e. The molecule has 19 heavy (non-hydrogen) atoms. The standard InChI is InChI=1S/C15H10N2O2/c18-17(19)12-5-3-4-11(10-12)13-8-9-16-15-7-2-1-6-14(13)15/h1-10H. The monoisotopic (exact) mass is 250 g/mol. The van der Waals surface area contributed by atoms with Crippen LogP contribution in [0.15, 0.2) is 60.8 Å². The van der Waals surface area contributed by atoms with Gasteiger partial charge in [-0.25, -0.2) is 0 Å². The molecule has 0 saturated carbocycles. The molecule has 2 aromatic carbocycles. The Morgan fingerprint density at radius 3 is 2.68 bits per heavy atom. The molecule has 0 saturated heterocycles. The number of benzene rings is 2. The van der Waals surface area contributed by atoms with Gasteiger partial charge in [0.1, 0.15) is 0 Å². The van der Waals surface area contributed by atoms with Crippen molar-refractivity contribution >= 4 is 16.6 Å². The maximum Gasteiger partial charge on any atom is 0.270 e. The Kier molecular flexibility index (Phi) is 2.68. The van der Waals surface area contributed by atoms with E-state index in [0.29, 0.717) is 0 Å². The van der Waals surface area contributed by atoms with Gasteiger partial charge in [0, 0.05) is 23.7 Å². The van der Waals surface area contributed by atoms with Gasteiger partial charge in [0.15, 0.2) is 0 Å². The van der Waals surface area contributed by atoms with Gasteiger partial charge >= 0.3 is 0 Å². The minimum atomic E-state index is -0.382. The van der Waals surface area contributed by atoms with E-state index < -0.39 is 0 Å². The van der Waals surface area contributed by atoms with E-state index in [9.17, 15) is 10.1 Å². The fraction of sp³-hybridized carbons (Fsp3) is 0. The predicted octanol–water partition coefficient (Wildman–Crippen LogP) is 3.81. The van der Waals surface area contributed by atoms with Crippen molar-refractivity contribution in [1.29, 1.82) is 0 Å². The number of non-ortho nitro benzene ring substituents is 1. The highest BCUT2D eigenvalue weighted by Gasteiger charge is 2.09. The van der Waals surface area contributed by atoms with Crippen LogP contribution in [0, 0.1) is 10.1 Å². The van der Waals surface area contributed by atoms with E-state index in [1.54, 1.807) is 18.3 Å². The fourth-order valence-corrected chi connectivity index (χ4v) is 2.13. The third-order valence-corrected chi connectivity index (χ3v) is 3.02. The molecule has 92 valence electrons. The van der Waals surface area contributed by atoms with Crippen molar-refractivity contribution in [1.82, 2.24) is 4.98 Å². The summed E-state index contributed by atoms with van der Waals surface area (Å²) in [5.41, 5.74) is 2.76. The van der Waals surface area contributed by atoms with Crippen LogP contribution in [-0.2, 0) is 0 Å². The highest BCUT2D eigenvalue weighted by Crippen LogP contribution is 2.29. The summed E-state index contributed by atoms with van der Waals surface area (Å²) in [7, 11) is 0. The second kappa shape index (κ2) is 4.49. The van der Waals surface area contributed by atoms with Gasteiger partial charge in [0.05, 0.1) is 10.4 Å². The lowest BCUT2D eigenvalue weighted by Gasteiger charge is -2.05. The number of nitro groups is 1. The van der Waals surface area contributed by atoms with Gasteiger partial charge in [-0.3, -0.25) is 15.1 Å². The zero-order valence-electron chi connectivity index (χ0n) is 9.98. The van der Waals surface area contributed by atoms with Gasteiger partial charge in [-0.1, -0.05) is 30.3 Å². The molecule has 0 bridgehead atoms. The Balaban J connectivity index is 2.24. The zero-order valence-corrected chi connectivity index (χ0v) is 9.98. The van der Waals surface area contributed by atoms with Crippen molar-refractivity contribution in [3.8, 4) is 11.1 Å². The molecule has 0 atom stereocenters. The van der Waals surface area contributed by atoms with E-state index in [0.717, 1.165) is 22.0 Å². The lowest BCUT2D eigenvalue weighted by molar-refractivity contribution is -0.384. The number of nitrogens with zero attached hydrogens (tertiary/aromatic N) is 2. The Labute approximate surface area is 109 Å². The van der Waals surface area contributed by atoms with Crippen LogP contribution in [-0.4, -0.2) is 9.91 Å². The number of pyridine rings is 1. The summed E-state index contributed by atoms with van der Waals surface area (Å²) in [6, 6.07) is 16.3. The first-order chi connectivity index (χ1) is 9.25. The van der Waals surface area contributed by atoms with Gasteiger partial charge in [0.25, 0.3) is 5.69 Å². The summed E-state index contributed by atoms with van der Waals surface area (Å²) in [6.45, 7) is 0. The van der Waals surface area contributed by atoms with Crippen LogP contribution in [0.2, 0.25) is 0 Å². The number of aromatic nitrogens is 1. The molecule has 0 aliphatic carbocycles. The van der Waals surface area contributed by atoms with E-state index in [2.05, 4.69) is 4.98 Å². The van der Waals surface area contributed by atoms with Crippen LogP contribution < -0.4 is 0 Å². The minimum Gasteiger partial charge on any atom is -0.258 e. The highest BCUT2D eigenvalue weighted by atomic mass is 16.6. The van der Waals surface area contributed by atoms with Crippen molar-refractivity contribution in [2.75, 3.05) is 0 Å². The summed E-state index contributed by atoms with van der Waals surface area (Å²) in [5.74, 6) is 0. The zero-order chi connectivity index (χ0) is 13.2. The smallest absolute Gasteiger partial charge is 0.258 e. The Morgan fingerprint density at radius 1 is 1.00 bits per heavy atom. The molecule has 0 spiro atoms. The quantitative estimate of drug-likeness (QED) is 0.513. The molecular weight excluding hydrogens is 240 g/mol. The van der Waals surface area contributed by atoms with E-state index in [-0.39, 0.29) is 10.6 Å². The lowest BCUT2D eigenvalue weighted by Crippen LogP contribution is -1.89. The normalized spacial score (nSPS) is 10.5. The lowest BCUT2D eigenvalue weighted by atomic mass is 10.0. The molecule has 0 aliphatic rings. The molecule has 0 aliphatic heterocycles. The summed E-state index contributed by atoms with van der Waals surface area (Å²) >= 11 is 0. The highest BCUT2D eigenvalue weighted by molar-refractivity contribution is 5.94. The van der Waals surface area contributed by atoms with E-state index >= 15 is 0 Å². The molecule has 0 unspecified atom stereocenters. The van der Waals surface area contributed by atoms with Crippen LogP contribution >= 0.6 is 0 Å². The molecule has 3 aromatic rings. The Morgan fingerprint density at radius 2 is 1.84 bits per heavy atom. The fourth-order valence-electron chi connectivity index (χ4n) is 2.13. The summed E-state index contributed by atoms with van der Waals surface area (Å²) in [6.07, 6.45) is 1.72. The predicted molar refractivity (Wildman–Crippen MR) is 73.8 cm³/mol. The van der Waals surface area contributed by atoms with Gasteiger partial charge in [-0.05, 0) is 23.3 Å². The Hall–Kier alpha value is -2.75. The maximum absolute atomic E-state index is 10.8. The molecule has 0 N–H and O–H groups in total. The second-order valence-corrected chi connectivity index (χ2v) is 4.18. The van der Waals surface area contributed by atoms with Gasteiger partial charge in [-0.2, -0.15) is 0 Å². The first-order valence-corrected chi connectivity index (χ1v) is 5.84. The number of hydrogen-bond donors (Lipinski definition) is 0. The summed E-state index contributed by atoms with van der Waals surface area (Å²) in [5, 5.41) is 11.8. The van der Waals surface area contributed by atoms with Gasteiger partial charge < -0.3 is 0 Å². The Bertz CT molecular complexity index is 763. The molecule has 0 fully saturated rings. The summed E-state index contributed by atoms with van der Waals surface area (Å²) in [4.78, 5) is 14.8. The van der Waals surface area contributed by atoms with Crippen molar-refractivity contribution < 1.29 is 4.92 Å². The third kappa shape index (κ3) is 2.04. The number of fused-ring (bicyclic) bond motifs is 1. The molecule has 1 aromatic heterocycles. The van der Waals surface area contributed by atoms with E-state index in [4.69, 9.17) is 0 Å². The van der Waals surface area contributed by atoms with Crippen molar-refractivity contribution in [3.05, 3.63) is 70.9 Å². The average Bonchev–Trinajstić information content (AvgIpc) is 2.47. The van der Waals surface area contributed by atoms with Crippen LogP contribution in [0.4, 0.5) is 5.69 Å². The topological polar surface area (TPSA) is 56.0 Å².